The van der Waals surface area contributed by atoms with Gasteiger partial charge in [0.05, 0.1) is 5.52 Å². The lowest BCUT2D eigenvalue weighted by Crippen LogP contribution is -2.37. The minimum atomic E-state index is -0.128. The standard InChI is InChI=1S/C59H48BN2OS/c1-57(2,3)32-17-20-34(21-18-32)61-48-31-54-44(37-22-19-33(58(4,5)6)25-53(37)64-54)27-41(48)38-23-24-39-42-26-40-35-13-9-11-15-45(35)59(7,8)46(40)29-49(42)62-50-28-43-36-14-10-12-16-51(36)63-52(43)30-47(50)60-55(38)56(39)62/h9-31,61H,1-8H3. The maximum atomic E-state index is 6.57. The largest absolute Gasteiger partial charge is 0.456 e. The van der Waals surface area contributed by atoms with Crippen molar-refractivity contribution in [2.45, 2.75) is 71.6 Å². The van der Waals surface area contributed by atoms with Gasteiger partial charge in [-0.1, -0.05) is 140 Å². The van der Waals surface area contributed by atoms with Crippen LogP contribution in [0.15, 0.2) is 144 Å². The third-order valence-electron chi connectivity index (χ3n) is 14.5. The molecule has 0 fully saturated rings. The fourth-order valence-electron chi connectivity index (χ4n) is 11.0. The molecule has 1 aliphatic heterocycles. The lowest BCUT2D eigenvalue weighted by molar-refractivity contribution is 0.590. The summed E-state index contributed by atoms with van der Waals surface area (Å²) >= 11 is 1.89. The van der Waals surface area contributed by atoms with E-state index in [4.69, 9.17) is 4.42 Å². The van der Waals surface area contributed by atoms with Crippen LogP contribution in [0.4, 0.5) is 11.4 Å². The first-order valence-corrected chi connectivity index (χ1v) is 23.5. The van der Waals surface area contributed by atoms with E-state index in [-0.39, 0.29) is 16.2 Å². The predicted molar refractivity (Wildman–Crippen MR) is 276 cm³/mol. The molecule has 0 unspecified atom stereocenters. The van der Waals surface area contributed by atoms with Gasteiger partial charge in [0.2, 0.25) is 0 Å². The van der Waals surface area contributed by atoms with Gasteiger partial charge in [-0.15, -0.1) is 11.3 Å². The Balaban J connectivity index is 1.11. The third kappa shape index (κ3) is 5.34. The number of hydrogen-bond acceptors (Lipinski definition) is 3. The molecule has 2 aliphatic rings. The second-order valence-electron chi connectivity index (χ2n) is 20.9. The number of nitrogens with one attached hydrogen (secondary N) is 1. The molecule has 3 aromatic heterocycles. The zero-order valence-corrected chi connectivity index (χ0v) is 38.4. The minimum Gasteiger partial charge on any atom is -0.456 e. The van der Waals surface area contributed by atoms with E-state index in [1.165, 1.54) is 97.6 Å². The van der Waals surface area contributed by atoms with Crippen molar-refractivity contribution in [3.8, 4) is 27.9 Å². The summed E-state index contributed by atoms with van der Waals surface area (Å²) in [4.78, 5) is 0. The molecule has 1 N–H and O–H groups in total. The summed E-state index contributed by atoms with van der Waals surface area (Å²) in [6.07, 6.45) is 0. The van der Waals surface area contributed by atoms with Crippen LogP contribution in [-0.4, -0.2) is 11.8 Å². The smallest absolute Gasteiger partial charge is 0.198 e. The molecule has 13 rings (SSSR count). The molecule has 0 saturated heterocycles. The second-order valence-corrected chi connectivity index (χ2v) is 22.0. The Kier molecular flexibility index (Phi) is 7.59. The summed E-state index contributed by atoms with van der Waals surface area (Å²) in [6.45, 7) is 18.5. The maximum Gasteiger partial charge on any atom is 0.198 e. The van der Waals surface area contributed by atoms with Gasteiger partial charge in [0, 0.05) is 75.3 Å². The van der Waals surface area contributed by atoms with Crippen molar-refractivity contribution in [2.24, 2.45) is 0 Å². The Morgan fingerprint density at radius 1 is 0.547 bits per heavy atom. The van der Waals surface area contributed by atoms with Crippen molar-refractivity contribution in [1.29, 1.82) is 0 Å². The molecule has 0 saturated carbocycles. The van der Waals surface area contributed by atoms with Gasteiger partial charge in [0.1, 0.15) is 11.2 Å². The third-order valence-corrected chi connectivity index (χ3v) is 15.7. The average molecular weight is 844 g/mol. The average Bonchev–Trinajstić information content (AvgIpc) is 3.98. The molecular weight excluding hydrogens is 796 g/mol. The Labute approximate surface area is 378 Å². The van der Waals surface area contributed by atoms with Crippen molar-refractivity contribution in [1.82, 2.24) is 4.57 Å². The fourth-order valence-corrected chi connectivity index (χ4v) is 12.2. The number of fused-ring (bicyclic) bond motifs is 14. The zero-order valence-electron chi connectivity index (χ0n) is 37.6. The number of rotatable bonds is 3. The summed E-state index contributed by atoms with van der Waals surface area (Å²) in [5.41, 5.74) is 20.5. The predicted octanol–water partition coefficient (Wildman–Crippen LogP) is 15.3. The van der Waals surface area contributed by atoms with Crippen molar-refractivity contribution in [3.05, 3.63) is 162 Å². The molecule has 3 nitrogen and oxygen atoms in total. The second kappa shape index (κ2) is 12.8. The molecule has 0 bridgehead atoms. The van der Waals surface area contributed by atoms with E-state index in [0.717, 1.165) is 38.8 Å². The van der Waals surface area contributed by atoms with Gasteiger partial charge in [-0.2, -0.15) is 0 Å². The highest BCUT2D eigenvalue weighted by Crippen LogP contribution is 2.52. The van der Waals surface area contributed by atoms with Crippen LogP contribution in [0.3, 0.4) is 0 Å². The van der Waals surface area contributed by atoms with E-state index < -0.39 is 0 Å². The number of para-hydroxylation sites is 1. The number of furan rings is 1. The minimum absolute atomic E-state index is 0.0668. The molecule has 11 aromatic rings. The Morgan fingerprint density at radius 2 is 1.27 bits per heavy atom. The van der Waals surface area contributed by atoms with Crippen LogP contribution in [0.1, 0.15) is 77.6 Å². The number of benzene rings is 8. The lowest BCUT2D eigenvalue weighted by atomic mass is 9.59. The Bertz CT molecular complexity index is 3830. The maximum absolute atomic E-state index is 6.57. The van der Waals surface area contributed by atoms with E-state index >= 15 is 0 Å². The zero-order chi connectivity index (χ0) is 43.6. The fraction of sp³-hybridized carbons (Fsp3) is 0.186. The first-order chi connectivity index (χ1) is 30.7. The Hall–Kier alpha value is -6.56. The highest BCUT2D eigenvalue weighted by atomic mass is 32.1. The number of hydrogen-bond donors (Lipinski definition) is 1. The topological polar surface area (TPSA) is 30.1 Å². The molecule has 0 amide bonds. The molecule has 64 heavy (non-hydrogen) atoms. The molecular formula is C59H48BN2OS. The lowest BCUT2D eigenvalue weighted by Gasteiger charge is -2.25. The first-order valence-electron chi connectivity index (χ1n) is 22.7. The monoisotopic (exact) mass is 843 g/mol. The summed E-state index contributed by atoms with van der Waals surface area (Å²) < 4.78 is 11.8. The van der Waals surface area contributed by atoms with Gasteiger partial charge in [-0.25, -0.2) is 0 Å². The molecule has 0 spiro atoms. The van der Waals surface area contributed by atoms with E-state index in [2.05, 4.69) is 212 Å². The summed E-state index contributed by atoms with van der Waals surface area (Å²) in [6, 6.07) is 52.8. The number of thiophene rings is 1. The summed E-state index contributed by atoms with van der Waals surface area (Å²) in [7, 11) is 2.43. The van der Waals surface area contributed by atoms with Crippen LogP contribution in [0.5, 0.6) is 0 Å². The number of aromatic nitrogens is 1. The summed E-state index contributed by atoms with van der Waals surface area (Å²) in [5.74, 6) is 0. The van der Waals surface area contributed by atoms with Crippen LogP contribution in [0.2, 0.25) is 0 Å². The van der Waals surface area contributed by atoms with Gasteiger partial charge >= 0.3 is 0 Å². The highest BCUT2D eigenvalue weighted by molar-refractivity contribution is 7.25. The van der Waals surface area contributed by atoms with Crippen LogP contribution >= 0.6 is 11.3 Å². The SMILES string of the molecule is CC(C)(C)c1ccc(Nc2cc3sc4cc(C(C)(C)C)ccc4c3cc2-c2ccc3c4cc5c(cc4n4c3c2[B]c2cc3oc6ccccc6c3cc2-4)C(C)(C)c2ccccc2-5)cc1. The number of anilines is 2. The van der Waals surface area contributed by atoms with E-state index in [1.54, 1.807) is 0 Å². The van der Waals surface area contributed by atoms with E-state index in [9.17, 15) is 0 Å². The van der Waals surface area contributed by atoms with Gasteiger partial charge in [-0.05, 0) is 116 Å². The number of nitrogens with zero attached hydrogens (tertiary/aromatic N) is 1. The van der Waals surface area contributed by atoms with Crippen LogP contribution in [0, 0.1) is 0 Å². The highest BCUT2D eigenvalue weighted by Gasteiger charge is 2.37. The van der Waals surface area contributed by atoms with Crippen LogP contribution < -0.4 is 16.2 Å². The molecule has 1 radical (unpaired) electrons. The molecule has 0 atom stereocenters. The van der Waals surface area contributed by atoms with Crippen LogP contribution in [0.25, 0.3) is 91.9 Å². The van der Waals surface area contributed by atoms with Gasteiger partial charge in [-0.3, -0.25) is 0 Å². The molecule has 309 valence electrons. The van der Waals surface area contributed by atoms with Crippen molar-refractivity contribution in [2.75, 3.05) is 5.32 Å². The molecule has 8 aromatic carbocycles. The van der Waals surface area contributed by atoms with E-state index in [0.29, 0.717) is 0 Å². The Morgan fingerprint density at radius 3 is 2.08 bits per heavy atom. The van der Waals surface area contributed by atoms with Gasteiger partial charge < -0.3 is 14.3 Å². The van der Waals surface area contributed by atoms with E-state index in [1.807, 2.05) is 11.3 Å². The van der Waals surface area contributed by atoms with Crippen molar-refractivity contribution < 1.29 is 4.42 Å². The summed E-state index contributed by atoms with van der Waals surface area (Å²) in [5, 5.41) is 11.4. The van der Waals surface area contributed by atoms with Crippen molar-refractivity contribution >= 4 is 105 Å². The molecule has 1 aliphatic carbocycles. The quantitative estimate of drug-likeness (QED) is 0.180. The normalized spacial score (nSPS) is 14.2. The molecule has 5 heteroatoms. The van der Waals surface area contributed by atoms with Crippen molar-refractivity contribution in [3.63, 3.8) is 0 Å². The first kappa shape index (κ1) is 38.0. The van der Waals surface area contributed by atoms with Gasteiger partial charge in [0.15, 0.2) is 7.28 Å². The van der Waals surface area contributed by atoms with Gasteiger partial charge in [0.25, 0.3) is 0 Å². The molecule has 4 heterocycles. The van der Waals surface area contributed by atoms with Crippen LogP contribution in [-0.2, 0) is 16.2 Å².